The third-order valence-corrected chi connectivity index (χ3v) is 9.24. The molecule has 6 heteroatoms. The first-order chi connectivity index (χ1) is 23.8. The maximum absolute atomic E-state index is 7.09. The van der Waals surface area contributed by atoms with E-state index in [2.05, 4.69) is 66.0 Å². The summed E-state index contributed by atoms with van der Waals surface area (Å²) in [6, 6.07) is 51.3. The number of fused-ring (bicyclic) bond motifs is 1. The summed E-state index contributed by atoms with van der Waals surface area (Å²) in [5.74, 6) is 0. The van der Waals surface area contributed by atoms with E-state index in [1.807, 2.05) is 91.0 Å². The van der Waals surface area contributed by atoms with Crippen molar-refractivity contribution in [2.24, 2.45) is 0 Å². The first-order valence-corrected chi connectivity index (χ1v) is 16.8. The minimum absolute atomic E-state index is 0.00200. The summed E-state index contributed by atoms with van der Waals surface area (Å²) in [6.45, 7) is 2.47. The highest BCUT2D eigenvalue weighted by atomic mass is 16.6. The van der Waals surface area contributed by atoms with Crippen LogP contribution in [0.1, 0.15) is 27.8 Å². The van der Waals surface area contributed by atoms with Gasteiger partial charge in [0.05, 0.1) is 51.7 Å². The molecule has 1 N–H and O–H groups in total. The van der Waals surface area contributed by atoms with E-state index in [4.69, 9.17) is 23.7 Å². The molecule has 5 aromatic carbocycles. The summed E-state index contributed by atoms with van der Waals surface area (Å²) in [7, 11) is 0. The average molecular weight is 642 g/mol. The summed E-state index contributed by atoms with van der Waals surface area (Å²) in [5.41, 5.74) is 4.61. The van der Waals surface area contributed by atoms with Crippen molar-refractivity contribution < 1.29 is 23.7 Å². The first-order valence-electron chi connectivity index (χ1n) is 16.8. The Morgan fingerprint density at radius 1 is 0.438 bits per heavy atom. The molecule has 5 aromatic rings. The van der Waals surface area contributed by atoms with Crippen LogP contribution in [0.5, 0.6) is 0 Å². The third kappa shape index (κ3) is 7.93. The van der Waals surface area contributed by atoms with E-state index in [0.717, 1.165) is 27.8 Å². The maximum atomic E-state index is 7.09. The lowest BCUT2D eigenvalue weighted by Gasteiger charge is -2.48. The van der Waals surface area contributed by atoms with Crippen LogP contribution in [0.3, 0.4) is 0 Å². The highest BCUT2D eigenvalue weighted by Crippen LogP contribution is 2.46. The molecule has 0 radical (unpaired) electrons. The van der Waals surface area contributed by atoms with Crippen LogP contribution in [-0.2, 0) is 56.7 Å². The van der Waals surface area contributed by atoms with Gasteiger partial charge in [-0.15, -0.1) is 0 Å². The fourth-order valence-electron chi connectivity index (χ4n) is 6.70. The molecule has 0 unspecified atom stereocenters. The molecule has 1 saturated heterocycles. The normalized spacial score (nSPS) is 24.5. The van der Waals surface area contributed by atoms with Gasteiger partial charge in [0.2, 0.25) is 0 Å². The van der Waals surface area contributed by atoms with Crippen LogP contribution >= 0.6 is 0 Å². The lowest BCUT2D eigenvalue weighted by molar-refractivity contribution is -0.256. The monoisotopic (exact) mass is 641 g/mol. The third-order valence-electron chi connectivity index (χ3n) is 9.24. The summed E-state index contributed by atoms with van der Waals surface area (Å²) < 4.78 is 34.4. The Hall–Kier alpha value is -4.14. The Labute approximate surface area is 283 Å². The molecule has 6 nitrogen and oxygen atoms in total. The van der Waals surface area contributed by atoms with E-state index in [9.17, 15) is 0 Å². The fraction of sp³-hybridized carbons (Fsp3) is 0.286. The molecule has 1 heterocycles. The fourth-order valence-corrected chi connectivity index (χ4v) is 6.70. The maximum Gasteiger partial charge on any atom is 0.137 e. The zero-order valence-corrected chi connectivity index (χ0v) is 27.1. The molecule has 1 saturated carbocycles. The van der Waals surface area contributed by atoms with Gasteiger partial charge in [-0.2, -0.15) is 0 Å². The Bertz CT molecular complexity index is 1660. The van der Waals surface area contributed by atoms with Crippen LogP contribution in [-0.4, -0.2) is 42.6 Å². The Morgan fingerprint density at radius 3 is 1.31 bits per heavy atom. The number of rotatable bonds is 16. The molecule has 1 aliphatic carbocycles. The van der Waals surface area contributed by atoms with Crippen LogP contribution in [0.15, 0.2) is 152 Å². The molecule has 0 spiro atoms. The number of ether oxygens (including phenoxy) is 5. The van der Waals surface area contributed by atoms with Crippen molar-refractivity contribution in [3.8, 4) is 0 Å². The van der Waals surface area contributed by atoms with Gasteiger partial charge < -0.3 is 29.0 Å². The van der Waals surface area contributed by atoms with Crippen LogP contribution in [0, 0.1) is 0 Å². The van der Waals surface area contributed by atoms with Gasteiger partial charge in [0, 0.05) is 0 Å². The van der Waals surface area contributed by atoms with Gasteiger partial charge in [-0.25, -0.2) is 0 Å². The second-order valence-electron chi connectivity index (χ2n) is 12.6. The second kappa shape index (κ2) is 15.8. The lowest BCUT2D eigenvalue weighted by atomic mass is 9.78. The van der Waals surface area contributed by atoms with E-state index in [0.29, 0.717) is 39.6 Å². The summed E-state index contributed by atoms with van der Waals surface area (Å²) in [6.07, 6.45) is -1.25. The summed E-state index contributed by atoms with van der Waals surface area (Å²) in [4.78, 5) is 0. The highest BCUT2D eigenvalue weighted by Gasteiger charge is 2.69. The molecule has 0 amide bonds. The average Bonchev–Trinajstić information content (AvgIpc) is 3.96. The summed E-state index contributed by atoms with van der Waals surface area (Å²) >= 11 is 0. The molecule has 0 bridgehead atoms. The zero-order chi connectivity index (χ0) is 32.4. The van der Waals surface area contributed by atoms with Crippen LogP contribution in [0.2, 0.25) is 0 Å². The van der Waals surface area contributed by atoms with Crippen molar-refractivity contribution in [3.63, 3.8) is 0 Å². The van der Waals surface area contributed by atoms with Crippen molar-refractivity contribution in [2.75, 3.05) is 6.61 Å². The van der Waals surface area contributed by atoms with E-state index in [1.165, 1.54) is 0 Å². The largest absolute Gasteiger partial charge is 0.374 e. The van der Waals surface area contributed by atoms with Crippen LogP contribution in [0.4, 0.5) is 0 Å². The molecule has 2 fully saturated rings. The molecule has 246 valence electrons. The van der Waals surface area contributed by atoms with Crippen molar-refractivity contribution in [3.05, 3.63) is 179 Å². The predicted octanol–water partition coefficient (Wildman–Crippen LogP) is 7.27. The molecular formula is C42H43NO5. The van der Waals surface area contributed by atoms with Crippen molar-refractivity contribution in [2.45, 2.75) is 69.0 Å². The van der Waals surface area contributed by atoms with Crippen LogP contribution < -0.4 is 5.32 Å². The molecule has 48 heavy (non-hydrogen) atoms. The lowest BCUT2D eigenvalue weighted by Crippen LogP contribution is -2.67. The summed E-state index contributed by atoms with van der Waals surface area (Å²) in [5, 5.41) is 3.76. The minimum atomic E-state index is -0.863. The van der Waals surface area contributed by atoms with Crippen molar-refractivity contribution >= 4 is 0 Å². The number of hydrogen-bond acceptors (Lipinski definition) is 6. The van der Waals surface area contributed by atoms with Crippen molar-refractivity contribution in [1.82, 2.24) is 5.32 Å². The standard InChI is InChI=1S/C42H43NO5/c1-6-16-32(17-7-1)26-44-31-42(48-30-36-24-14-5-15-25-36)40-37(43-40)38(45-27-33-18-8-2-9-19-33)39(46-28-34-20-10-3-11-21-34)41(42)47-29-35-22-12-4-13-23-35/h1-25,37-41,43H,26-31H2/t37-,38+,39-,40-,41+,42-/m1/s1. The molecule has 6 atom stereocenters. The topological polar surface area (TPSA) is 68.1 Å². The number of nitrogens with one attached hydrogen (secondary N) is 1. The SMILES string of the molecule is c1ccc(COC[C@@]2(OCc3ccccc3)[C@@H]3N[C@@H]3[C@H](OCc3ccccc3)[C@@H](OCc3ccccc3)[C@@H]2OCc2ccccc2)cc1. The second-order valence-corrected chi connectivity index (χ2v) is 12.6. The molecule has 0 aromatic heterocycles. The van der Waals surface area contributed by atoms with Crippen LogP contribution in [0.25, 0.3) is 0 Å². The Kier molecular flexibility index (Phi) is 10.7. The van der Waals surface area contributed by atoms with Crippen molar-refractivity contribution in [1.29, 1.82) is 0 Å². The molecule has 1 aliphatic heterocycles. The smallest absolute Gasteiger partial charge is 0.137 e. The highest BCUT2D eigenvalue weighted by molar-refractivity contribution is 5.27. The van der Waals surface area contributed by atoms with E-state index in [-0.39, 0.29) is 18.2 Å². The number of benzene rings is 5. The molecule has 2 aliphatic rings. The van der Waals surface area contributed by atoms with Gasteiger partial charge in [0.15, 0.2) is 0 Å². The number of hydrogen-bond donors (Lipinski definition) is 1. The van der Waals surface area contributed by atoms with Gasteiger partial charge >= 0.3 is 0 Å². The Morgan fingerprint density at radius 2 is 0.833 bits per heavy atom. The molecule has 7 rings (SSSR count). The van der Waals surface area contributed by atoms with Gasteiger partial charge in [-0.1, -0.05) is 152 Å². The molecular weight excluding hydrogens is 598 g/mol. The van der Waals surface area contributed by atoms with E-state index >= 15 is 0 Å². The minimum Gasteiger partial charge on any atom is -0.374 e. The zero-order valence-electron chi connectivity index (χ0n) is 27.1. The Balaban J connectivity index is 1.24. The van der Waals surface area contributed by atoms with Gasteiger partial charge in [-0.05, 0) is 27.8 Å². The van der Waals surface area contributed by atoms with E-state index < -0.39 is 17.8 Å². The quantitative estimate of drug-likeness (QED) is 0.114. The van der Waals surface area contributed by atoms with Gasteiger partial charge in [-0.3, -0.25) is 0 Å². The van der Waals surface area contributed by atoms with Gasteiger partial charge in [0.25, 0.3) is 0 Å². The first kappa shape index (κ1) is 32.4. The van der Waals surface area contributed by atoms with Gasteiger partial charge in [0.1, 0.15) is 23.9 Å². The van der Waals surface area contributed by atoms with E-state index in [1.54, 1.807) is 0 Å². The predicted molar refractivity (Wildman–Crippen MR) is 186 cm³/mol.